The van der Waals surface area contributed by atoms with Gasteiger partial charge in [0.05, 0.1) is 0 Å². The van der Waals surface area contributed by atoms with Crippen molar-refractivity contribution in [3.05, 3.63) is 158 Å². The van der Waals surface area contributed by atoms with Crippen molar-refractivity contribution in [3.63, 3.8) is 0 Å². The molecule has 0 nitrogen and oxygen atoms in total. The first kappa shape index (κ1) is 27.3. The van der Waals surface area contributed by atoms with Gasteiger partial charge in [0, 0.05) is 0 Å². The second-order valence-electron chi connectivity index (χ2n) is 16.7. The summed E-state index contributed by atoms with van der Waals surface area (Å²) < 4.78 is 0. The summed E-state index contributed by atoms with van der Waals surface area (Å²) >= 11 is 0. The molecule has 0 aromatic heterocycles. The molecule has 0 heteroatoms. The van der Waals surface area contributed by atoms with Crippen molar-refractivity contribution in [2.24, 2.45) is 0 Å². The van der Waals surface area contributed by atoms with Crippen LogP contribution in [0.15, 0.2) is 158 Å². The Kier molecular flexibility index (Phi) is 4.30. The summed E-state index contributed by atoms with van der Waals surface area (Å²) in [4.78, 5) is 0. The molecule has 250 valence electrons. The van der Waals surface area contributed by atoms with Gasteiger partial charge >= 0.3 is 0 Å². The van der Waals surface area contributed by atoms with Gasteiger partial charge < -0.3 is 0 Å². The Morgan fingerprint density at radius 2 is 0.571 bits per heavy atom. The SMILES string of the molecule is c1cc2c3c(ccc(-c4cc5ccc6ccc7ccc8ccc4c4c8c7c6c54)c3c1)-c1ccc(-c3cc4ccc5ccc6ccc7ccc3c3c7c6c5c43)cc1-2. The van der Waals surface area contributed by atoms with Gasteiger partial charge in [0.25, 0.3) is 0 Å². The summed E-state index contributed by atoms with van der Waals surface area (Å²) in [6.45, 7) is 0. The van der Waals surface area contributed by atoms with Crippen molar-refractivity contribution in [2.45, 2.75) is 0 Å². The Labute approximate surface area is 319 Å². The molecule has 1 aliphatic carbocycles. The second-order valence-corrected chi connectivity index (χ2v) is 16.7. The van der Waals surface area contributed by atoms with Gasteiger partial charge in [-0.3, -0.25) is 0 Å². The van der Waals surface area contributed by atoms with E-state index < -0.39 is 0 Å². The molecular weight excluding hydrogens is 673 g/mol. The smallest absolute Gasteiger partial charge is 0.000762 e. The number of hydrogen-bond acceptors (Lipinski definition) is 0. The molecule has 0 fully saturated rings. The van der Waals surface area contributed by atoms with Crippen molar-refractivity contribution in [1.82, 2.24) is 0 Å². The first-order valence-corrected chi connectivity index (χ1v) is 19.8. The fourth-order valence-corrected chi connectivity index (χ4v) is 12.1. The van der Waals surface area contributed by atoms with Crippen LogP contribution in [0, 0.1) is 0 Å². The van der Waals surface area contributed by atoms with Gasteiger partial charge in [0.2, 0.25) is 0 Å². The van der Waals surface area contributed by atoms with Crippen LogP contribution in [0.25, 0.3) is 163 Å². The van der Waals surface area contributed by atoms with E-state index in [1.165, 1.54) is 163 Å². The van der Waals surface area contributed by atoms with Crippen molar-refractivity contribution in [3.8, 4) is 44.5 Å². The zero-order valence-corrected chi connectivity index (χ0v) is 30.0. The molecule has 0 atom stereocenters. The lowest BCUT2D eigenvalue weighted by molar-refractivity contribution is 1.67. The summed E-state index contributed by atoms with van der Waals surface area (Å²) in [5.74, 6) is 0. The van der Waals surface area contributed by atoms with Gasteiger partial charge in [-0.25, -0.2) is 0 Å². The molecule has 0 radical (unpaired) electrons. The Hall–Kier alpha value is -7.28. The van der Waals surface area contributed by atoms with Gasteiger partial charge in [-0.1, -0.05) is 140 Å². The molecule has 0 spiro atoms. The van der Waals surface area contributed by atoms with Crippen LogP contribution in [0.3, 0.4) is 0 Å². The molecule has 1 aliphatic rings. The van der Waals surface area contributed by atoms with Gasteiger partial charge in [-0.15, -0.1) is 0 Å². The van der Waals surface area contributed by atoms with E-state index in [9.17, 15) is 0 Å². The summed E-state index contributed by atoms with van der Waals surface area (Å²) in [6.07, 6.45) is 0. The lowest BCUT2D eigenvalue weighted by Gasteiger charge is -2.14. The van der Waals surface area contributed by atoms with E-state index in [-0.39, 0.29) is 0 Å². The summed E-state index contributed by atoms with van der Waals surface area (Å²) in [5, 5.41) is 30.3. The maximum absolute atomic E-state index is 2.48. The zero-order chi connectivity index (χ0) is 35.7. The highest BCUT2D eigenvalue weighted by atomic mass is 14.3. The lowest BCUT2D eigenvalue weighted by Crippen LogP contribution is -1.87. The maximum atomic E-state index is 2.48. The van der Waals surface area contributed by atoms with Gasteiger partial charge in [-0.2, -0.15) is 0 Å². The normalized spacial score (nSPS) is 13.4. The molecule has 0 heterocycles. The second kappa shape index (κ2) is 8.81. The van der Waals surface area contributed by atoms with E-state index >= 15 is 0 Å². The van der Waals surface area contributed by atoms with E-state index in [4.69, 9.17) is 0 Å². The molecule has 56 heavy (non-hydrogen) atoms. The average molecular weight is 699 g/mol. The zero-order valence-electron chi connectivity index (χ0n) is 30.0. The highest BCUT2D eigenvalue weighted by Gasteiger charge is 2.27. The fourth-order valence-electron chi connectivity index (χ4n) is 12.1. The Balaban J connectivity index is 0.943. The molecule has 0 N–H and O–H groups in total. The number of fused-ring (bicyclic) bond motifs is 3. The Morgan fingerprint density at radius 1 is 0.179 bits per heavy atom. The quantitative estimate of drug-likeness (QED) is 0.158. The summed E-state index contributed by atoms with van der Waals surface area (Å²) in [5.41, 5.74) is 10.6. The van der Waals surface area contributed by atoms with Gasteiger partial charge in [0.1, 0.15) is 0 Å². The first-order valence-electron chi connectivity index (χ1n) is 19.8. The number of benzene rings is 13. The molecular formula is C56H26. The highest BCUT2D eigenvalue weighted by Crippen LogP contribution is 2.55. The van der Waals surface area contributed by atoms with Crippen molar-refractivity contribution in [2.75, 3.05) is 0 Å². The largest absolute Gasteiger partial charge is 0.0610 e. The molecule has 15 aromatic rings. The fraction of sp³-hybridized carbons (Fsp3) is 0. The van der Waals surface area contributed by atoms with Crippen LogP contribution in [0.4, 0.5) is 0 Å². The van der Waals surface area contributed by atoms with E-state index in [1.807, 2.05) is 0 Å². The van der Waals surface area contributed by atoms with Crippen LogP contribution in [0.1, 0.15) is 0 Å². The van der Waals surface area contributed by atoms with Crippen LogP contribution in [0.2, 0.25) is 0 Å². The first-order chi connectivity index (χ1) is 27.8. The van der Waals surface area contributed by atoms with Crippen molar-refractivity contribution < 1.29 is 0 Å². The van der Waals surface area contributed by atoms with E-state index in [0.29, 0.717) is 0 Å². The third kappa shape index (κ3) is 2.86. The third-order valence-electron chi connectivity index (χ3n) is 14.3. The van der Waals surface area contributed by atoms with Crippen LogP contribution >= 0.6 is 0 Å². The van der Waals surface area contributed by atoms with Gasteiger partial charge in [-0.05, 0) is 181 Å². The van der Waals surface area contributed by atoms with Crippen LogP contribution in [0.5, 0.6) is 0 Å². The molecule has 16 rings (SSSR count). The monoisotopic (exact) mass is 698 g/mol. The van der Waals surface area contributed by atoms with Crippen LogP contribution < -0.4 is 0 Å². The molecule has 15 aromatic carbocycles. The number of hydrogen-bond donors (Lipinski definition) is 0. The molecule has 0 saturated heterocycles. The van der Waals surface area contributed by atoms with Crippen molar-refractivity contribution >= 4 is 118 Å². The minimum atomic E-state index is 1.28. The predicted molar refractivity (Wildman–Crippen MR) is 241 cm³/mol. The van der Waals surface area contributed by atoms with Crippen molar-refractivity contribution in [1.29, 1.82) is 0 Å². The maximum Gasteiger partial charge on any atom is -0.000762 e. The van der Waals surface area contributed by atoms with Crippen LogP contribution in [-0.4, -0.2) is 0 Å². The Morgan fingerprint density at radius 3 is 1.14 bits per heavy atom. The molecule has 0 saturated carbocycles. The minimum Gasteiger partial charge on any atom is -0.0610 e. The summed E-state index contributed by atoms with van der Waals surface area (Å²) in [6, 6.07) is 61.1. The molecule has 0 amide bonds. The van der Waals surface area contributed by atoms with Gasteiger partial charge in [0.15, 0.2) is 0 Å². The predicted octanol–water partition coefficient (Wildman–Crippen LogP) is 16.0. The van der Waals surface area contributed by atoms with E-state index in [2.05, 4.69) is 158 Å². The van der Waals surface area contributed by atoms with E-state index in [0.717, 1.165) is 0 Å². The standard InChI is InChI=1S/C56H26/c1-2-38-37(45-26-35-15-13-30-7-5-28-9-11-32-17-21-42(45)56-51(32)47(28)49(30)53(35)56)22-23-40-36-19-18-33(24-44(36)39(3-1)54(38)40)43-25-34-14-12-29-6-4-27-8-10-31-16-20-41(43)55-50(31)46(27)48(29)52(34)55/h1-26H. The topological polar surface area (TPSA) is 0 Å². The molecule has 0 aliphatic heterocycles. The lowest BCUT2D eigenvalue weighted by atomic mass is 9.88. The summed E-state index contributed by atoms with van der Waals surface area (Å²) in [7, 11) is 0. The third-order valence-corrected chi connectivity index (χ3v) is 14.3. The van der Waals surface area contributed by atoms with Crippen LogP contribution in [-0.2, 0) is 0 Å². The molecule has 0 bridgehead atoms. The number of rotatable bonds is 2. The minimum absolute atomic E-state index is 1.28. The average Bonchev–Trinajstić information content (AvgIpc) is 3.92. The van der Waals surface area contributed by atoms with E-state index in [1.54, 1.807) is 0 Å². The molecule has 0 unspecified atom stereocenters. The highest BCUT2D eigenvalue weighted by molar-refractivity contribution is 6.47. The Bertz CT molecular complexity index is 4110.